The van der Waals surface area contributed by atoms with Gasteiger partial charge < -0.3 is 14.7 Å². The Morgan fingerprint density at radius 1 is 1.15 bits per heavy atom. The molecule has 2 bridgehead atoms. The smallest absolute Gasteiger partial charge is 0.119 e. The summed E-state index contributed by atoms with van der Waals surface area (Å²) in [7, 11) is 2.20. The fraction of sp³-hybridized carbons (Fsp3) is 0.647. The van der Waals surface area contributed by atoms with E-state index in [1.54, 1.807) is 0 Å². The van der Waals surface area contributed by atoms with Crippen LogP contribution < -0.4 is 4.74 Å². The van der Waals surface area contributed by atoms with Crippen molar-refractivity contribution < 1.29 is 9.84 Å². The van der Waals surface area contributed by atoms with Crippen LogP contribution in [0, 0.1) is 0 Å². The molecule has 0 aromatic heterocycles. The summed E-state index contributed by atoms with van der Waals surface area (Å²) in [5.41, 5.74) is 0.382. The van der Waals surface area contributed by atoms with E-state index in [2.05, 4.69) is 11.9 Å². The first-order chi connectivity index (χ1) is 9.48. The van der Waals surface area contributed by atoms with E-state index >= 15 is 0 Å². The average molecular weight is 275 g/mol. The molecule has 1 N–H and O–H groups in total. The Kier molecular flexibility index (Phi) is 3.51. The molecule has 2 saturated heterocycles. The van der Waals surface area contributed by atoms with E-state index in [9.17, 15) is 5.11 Å². The molecular formula is C17H25NO2. The molecule has 0 amide bonds. The molecule has 110 valence electrons. The van der Waals surface area contributed by atoms with Crippen molar-refractivity contribution in [2.45, 2.75) is 63.3 Å². The van der Waals surface area contributed by atoms with Gasteiger partial charge in [0.2, 0.25) is 0 Å². The van der Waals surface area contributed by atoms with E-state index in [1.807, 2.05) is 38.1 Å². The summed E-state index contributed by atoms with van der Waals surface area (Å²) in [5.74, 6) is 0.878. The summed E-state index contributed by atoms with van der Waals surface area (Å²) in [5, 5.41) is 11.0. The molecule has 3 heteroatoms. The Bertz CT molecular complexity index is 454. The zero-order valence-corrected chi connectivity index (χ0v) is 12.7. The maximum absolute atomic E-state index is 11.0. The largest absolute Gasteiger partial charge is 0.491 e. The molecule has 20 heavy (non-hydrogen) atoms. The number of rotatable bonds is 3. The van der Waals surface area contributed by atoms with Crippen LogP contribution in [0.5, 0.6) is 5.75 Å². The maximum Gasteiger partial charge on any atom is 0.119 e. The standard InChI is InChI=1S/C17H25NO2/c1-12(2)20-16-8-4-13(5-9-16)17(19)10-14-6-7-15(11-17)18(14)3/h4-5,8-9,12,14-15,19H,6-7,10-11H2,1-3H3. The lowest BCUT2D eigenvalue weighted by atomic mass is 9.81. The minimum atomic E-state index is -0.658. The van der Waals surface area contributed by atoms with Gasteiger partial charge in [-0.1, -0.05) is 12.1 Å². The molecule has 1 aromatic carbocycles. The van der Waals surface area contributed by atoms with Crippen molar-refractivity contribution in [3.8, 4) is 5.75 Å². The van der Waals surface area contributed by atoms with Gasteiger partial charge in [-0.15, -0.1) is 0 Å². The topological polar surface area (TPSA) is 32.7 Å². The molecule has 2 aliphatic heterocycles. The number of benzene rings is 1. The van der Waals surface area contributed by atoms with Crippen LogP contribution in [-0.2, 0) is 5.60 Å². The fourth-order valence-corrected chi connectivity index (χ4v) is 3.80. The average Bonchev–Trinajstić information content (AvgIpc) is 2.62. The number of aliphatic hydroxyl groups is 1. The van der Waals surface area contributed by atoms with Crippen LogP contribution in [0.15, 0.2) is 24.3 Å². The molecule has 2 aliphatic rings. The molecule has 3 nitrogen and oxygen atoms in total. The summed E-state index contributed by atoms with van der Waals surface area (Å²) in [6.45, 7) is 4.05. The molecule has 0 saturated carbocycles. The van der Waals surface area contributed by atoms with E-state index < -0.39 is 5.60 Å². The summed E-state index contributed by atoms with van der Waals surface area (Å²) < 4.78 is 5.67. The predicted octanol–water partition coefficient (Wildman–Crippen LogP) is 2.92. The molecule has 0 spiro atoms. The van der Waals surface area contributed by atoms with Crippen LogP contribution >= 0.6 is 0 Å². The molecule has 2 fully saturated rings. The summed E-state index contributed by atoms with van der Waals surface area (Å²) in [6.07, 6.45) is 4.33. The van der Waals surface area contributed by atoms with Gasteiger partial charge in [-0.2, -0.15) is 0 Å². The van der Waals surface area contributed by atoms with Gasteiger partial charge in [0, 0.05) is 12.1 Å². The van der Waals surface area contributed by atoms with E-state index in [0.29, 0.717) is 12.1 Å². The fourth-order valence-electron chi connectivity index (χ4n) is 3.80. The zero-order chi connectivity index (χ0) is 14.3. The Morgan fingerprint density at radius 3 is 2.20 bits per heavy atom. The molecular weight excluding hydrogens is 250 g/mol. The molecule has 2 atom stereocenters. The van der Waals surface area contributed by atoms with Crippen LogP contribution in [0.1, 0.15) is 45.1 Å². The third kappa shape index (κ3) is 2.45. The SMILES string of the molecule is CC(C)Oc1ccc(C2(O)CC3CCC(C2)N3C)cc1. The lowest BCUT2D eigenvalue weighted by molar-refractivity contribution is -0.0493. The highest BCUT2D eigenvalue weighted by atomic mass is 16.5. The van der Waals surface area contributed by atoms with Gasteiger partial charge in [0.15, 0.2) is 0 Å². The highest BCUT2D eigenvalue weighted by Crippen LogP contribution is 2.45. The first-order valence-corrected chi connectivity index (χ1v) is 7.69. The summed E-state index contributed by atoms with van der Waals surface area (Å²) >= 11 is 0. The van der Waals surface area contributed by atoms with Gasteiger partial charge in [0.25, 0.3) is 0 Å². The minimum absolute atomic E-state index is 0.183. The number of fused-ring (bicyclic) bond motifs is 2. The van der Waals surface area contributed by atoms with Crippen molar-refractivity contribution in [2.24, 2.45) is 0 Å². The first-order valence-electron chi connectivity index (χ1n) is 7.69. The second-order valence-electron chi connectivity index (χ2n) is 6.68. The number of hydrogen-bond donors (Lipinski definition) is 1. The highest BCUT2D eigenvalue weighted by molar-refractivity contribution is 5.32. The third-order valence-electron chi connectivity index (χ3n) is 4.90. The van der Waals surface area contributed by atoms with Crippen LogP contribution in [0.2, 0.25) is 0 Å². The van der Waals surface area contributed by atoms with Crippen molar-refractivity contribution in [2.75, 3.05) is 7.05 Å². The Labute approximate surface area is 121 Å². The first kappa shape index (κ1) is 13.9. The van der Waals surface area contributed by atoms with Gasteiger partial charge in [0.05, 0.1) is 11.7 Å². The van der Waals surface area contributed by atoms with Crippen molar-refractivity contribution in [1.82, 2.24) is 4.90 Å². The van der Waals surface area contributed by atoms with Crippen molar-refractivity contribution >= 4 is 0 Å². The minimum Gasteiger partial charge on any atom is -0.491 e. The molecule has 2 unspecified atom stereocenters. The Balaban J connectivity index is 1.78. The van der Waals surface area contributed by atoms with Crippen LogP contribution in [0.25, 0.3) is 0 Å². The van der Waals surface area contributed by atoms with E-state index in [1.165, 1.54) is 12.8 Å². The van der Waals surface area contributed by atoms with Crippen molar-refractivity contribution in [3.63, 3.8) is 0 Å². The van der Waals surface area contributed by atoms with Gasteiger partial charge in [0.1, 0.15) is 5.75 Å². The van der Waals surface area contributed by atoms with Gasteiger partial charge >= 0.3 is 0 Å². The maximum atomic E-state index is 11.0. The Morgan fingerprint density at radius 2 is 1.70 bits per heavy atom. The normalized spacial score (nSPS) is 33.6. The van der Waals surface area contributed by atoms with E-state index in [4.69, 9.17) is 4.74 Å². The highest BCUT2D eigenvalue weighted by Gasteiger charge is 2.46. The van der Waals surface area contributed by atoms with Gasteiger partial charge in [-0.3, -0.25) is 0 Å². The Hall–Kier alpha value is -1.06. The second-order valence-corrected chi connectivity index (χ2v) is 6.68. The quantitative estimate of drug-likeness (QED) is 0.920. The van der Waals surface area contributed by atoms with E-state index in [0.717, 1.165) is 24.2 Å². The number of nitrogens with zero attached hydrogens (tertiary/aromatic N) is 1. The number of piperidine rings is 1. The number of hydrogen-bond acceptors (Lipinski definition) is 3. The number of ether oxygens (including phenoxy) is 1. The molecule has 2 heterocycles. The van der Waals surface area contributed by atoms with Gasteiger partial charge in [-0.25, -0.2) is 0 Å². The van der Waals surface area contributed by atoms with E-state index in [-0.39, 0.29) is 6.10 Å². The molecule has 0 radical (unpaired) electrons. The van der Waals surface area contributed by atoms with Crippen LogP contribution in [-0.4, -0.2) is 35.2 Å². The second kappa shape index (κ2) is 5.05. The lowest BCUT2D eigenvalue weighted by Gasteiger charge is -2.42. The van der Waals surface area contributed by atoms with Crippen LogP contribution in [0.3, 0.4) is 0 Å². The predicted molar refractivity (Wildman–Crippen MR) is 79.9 cm³/mol. The van der Waals surface area contributed by atoms with Gasteiger partial charge in [-0.05, 0) is 64.3 Å². The monoisotopic (exact) mass is 275 g/mol. The van der Waals surface area contributed by atoms with Crippen molar-refractivity contribution in [1.29, 1.82) is 0 Å². The van der Waals surface area contributed by atoms with Crippen LogP contribution in [0.4, 0.5) is 0 Å². The summed E-state index contributed by atoms with van der Waals surface area (Å²) in [6, 6.07) is 9.09. The zero-order valence-electron chi connectivity index (χ0n) is 12.7. The van der Waals surface area contributed by atoms with Crippen molar-refractivity contribution in [3.05, 3.63) is 29.8 Å². The molecule has 3 rings (SSSR count). The summed E-state index contributed by atoms with van der Waals surface area (Å²) in [4.78, 5) is 2.45. The lowest BCUT2D eigenvalue weighted by Crippen LogP contribution is -2.47. The molecule has 1 aromatic rings. The third-order valence-corrected chi connectivity index (χ3v) is 4.90. The molecule has 0 aliphatic carbocycles.